The van der Waals surface area contributed by atoms with Crippen molar-refractivity contribution in [3.63, 3.8) is 0 Å². The lowest BCUT2D eigenvalue weighted by atomic mass is 10.3. The number of aromatic nitrogens is 3. The largest absolute Gasteiger partial charge is 0.493 e. The van der Waals surface area contributed by atoms with Gasteiger partial charge < -0.3 is 9.84 Å². The smallest absolute Gasteiger partial charge is 0.198 e. The molecule has 0 fully saturated rings. The standard InChI is InChI=1S/C9H11N3O2/c1-14-8-3-2-7(4-5-13)12-9(8)10-6-11-12/h2-3,6,13H,4-5H2,1H3. The summed E-state index contributed by atoms with van der Waals surface area (Å²) in [4.78, 5) is 4.08. The van der Waals surface area contributed by atoms with E-state index in [2.05, 4.69) is 10.1 Å². The van der Waals surface area contributed by atoms with Crippen molar-refractivity contribution in [2.24, 2.45) is 0 Å². The molecular formula is C9H11N3O2. The average molecular weight is 193 g/mol. The van der Waals surface area contributed by atoms with E-state index in [1.165, 1.54) is 6.33 Å². The molecule has 2 heterocycles. The topological polar surface area (TPSA) is 59.7 Å². The van der Waals surface area contributed by atoms with E-state index in [4.69, 9.17) is 9.84 Å². The third-order valence-electron chi connectivity index (χ3n) is 2.06. The molecule has 0 atom stereocenters. The van der Waals surface area contributed by atoms with Crippen LogP contribution in [-0.2, 0) is 6.42 Å². The monoisotopic (exact) mass is 193 g/mol. The Morgan fingerprint density at radius 3 is 3.07 bits per heavy atom. The maximum atomic E-state index is 8.85. The second-order valence-corrected chi connectivity index (χ2v) is 2.86. The summed E-state index contributed by atoms with van der Waals surface area (Å²) < 4.78 is 6.81. The van der Waals surface area contributed by atoms with Gasteiger partial charge in [-0.2, -0.15) is 5.10 Å². The fourth-order valence-electron chi connectivity index (χ4n) is 1.40. The van der Waals surface area contributed by atoms with Crippen LogP contribution in [0.2, 0.25) is 0 Å². The molecular weight excluding hydrogens is 182 g/mol. The van der Waals surface area contributed by atoms with Gasteiger partial charge in [0, 0.05) is 18.7 Å². The Morgan fingerprint density at radius 2 is 2.36 bits per heavy atom. The van der Waals surface area contributed by atoms with Crippen molar-refractivity contribution in [3.05, 3.63) is 24.2 Å². The highest BCUT2D eigenvalue weighted by molar-refractivity contribution is 5.53. The van der Waals surface area contributed by atoms with E-state index in [1.54, 1.807) is 11.6 Å². The molecule has 0 saturated heterocycles. The Morgan fingerprint density at radius 1 is 1.50 bits per heavy atom. The molecule has 0 radical (unpaired) electrons. The van der Waals surface area contributed by atoms with Gasteiger partial charge in [0.05, 0.1) is 7.11 Å². The first-order valence-corrected chi connectivity index (χ1v) is 4.33. The molecule has 1 N–H and O–H groups in total. The van der Waals surface area contributed by atoms with E-state index in [-0.39, 0.29) is 6.61 Å². The molecule has 0 aliphatic carbocycles. The van der Waals surface area contributed by atoms with Gasteiger partial charge in [-0.25, -0.2) is 9.50 Å². The number of rotatable bonds is 3. The van der Waals surface area contributed by atoms with E-state index in [0.717, 1.165) is 5.69 Å². The van der Waals surface area contributed by atoms with Gasteiger partial charge in [-0.1, -0.05) is 0 Å². The highest BCUT2D eigenvalue weighted by atomic mass is 16.5. The number of aliphatic hydroxyl groups is 1. The van der Waals surface area contributed by atoms with Crippen LogP contribution in [0, 0.1) is 0 Å². The first-order valence-electron chi connectivity index (χ1n) is 4.33. The van der Waals surface area contributed by atoms with Crippen molar-refractivity contribution >= 4 is 5.65 Å². The van der Waals surface area contributed by atoms with Gasteiger partial charge in [-0.15, -0.1) is 0 Å². The van der Waals surface area contributed by atoms with Gasteiger partial charge in [-0.3, -0.25) is 0 Å². The zero-order valence-electron chi connectivity index (χ0n) is 7.84. The van der Waals surface area contributed by atoms with Gasteiger partial charge in [-0.05, 0) is 12.1 Å². The van der Waals surface area contributed by atoms with Gasteiger partial charge >= 0.3 is 0 Å². The highest BCUT2D eigenvalue weighted by Crippen LogP contribution is 2.18. The minimum Gasteiger partial charge on any atom is -0.493 e. The van der Waals surface area contributed by atoms with Crippen LogP contribution in [0.15, 0.2) is 18.5 Å². The number of aliphatic hydroxyl groups excluding tert-OH is 1. The maximum Gasteiger partial charge on any atom is 0.198 e. The Hall–Kier alpha value is -1.62. The summed E-state index contributed by atoms with van der Waals surface area (Å²) in [7, 11) is 1.59. The van der Waals surface area contributed by atoms with Crippen LogP contribution in [0.3, 0.4) is 0 Å². The van der Waals surface area contributed by atoms with Crippen molar-refractivity contribution in [1.82, 2.24) is 14.6 Å². The fourth-order valence-corrected chi connectivity index (χ4v) is 1.40. The second kappa shape index (κ2) is 3.63. The third-order valence-corrected chi connectivity index (χ3v) is 2.06. The van der Waals surface area contributed by atoms with E-state index >= 15 is 0 Å². The molecule has 2 rings (SSSR count). The number of ether oxygens (including phenoxy) is 1. The fraction of sp³-hybridized carbons (Fsp3) is 0.333. The number of nitrogens with zero attached hydrogens (tertiary/aromatic N) is 3. The van der Waals surface area contributed by atoms with Crippen molar-refractivity contribution in [2.45, 2.75) is 6.42 Å². The van der Waals surface area contributed by atoms with Crippen LogP contribution in [0.1, 0.15) is 5.69 Å². The normalized spacial score (nSPS) is 10.7. The van der Waals surface area contributed by atoms with Gasteiger partial charge in [0.25, 0.3) is 0 Å². The van der Waals surface area contributed by atoms with Gasteiger partial charge in [0.15, 0.2) is 11.4 Å². The Labute approximate surface area is 81.0 Å². The van der Waals surface area contributed by atoms with E-state index in [9.17, 15) is 0 Å². The molecule has 14 heavy (non-hydrogen) atoms. The minimum atomic E-state index is 0.0985. The predicted molar refractivity (Wildman–Crippen MR) is 50.3 cm³/mol. The van der Waals surface area contributed by atoms with Crippen LogP contribution in [0.25, 0.3) is 5.65 Å². The average Bonchev–Trinajstić information content (AvgIpc) is 2.67. The number of pyridine rings is 1. The first kappa shape index (κ1) is 8.96. The summed E-state index contributed by atoms with van der Waals surface area (Å²) in [5.41, 5.74) is 1.60. The van der Waals surface area contributed by atoms with Crippen molar-refractivity contribution in [3.8, 4) is 5.75 Å². The number of hydrogen-bond donors (Lipinski definition) is 1. The molecule has 0 aliphatic heterocycles. The zero-order valence-corrected chi connectivity index (χ0v) is 7.84. The Bertz CT molecular complexity index is 439. The Kier molecular flexibility index (Phi) is 2.32. The molecule has 0 bridgehead atoms. The number of fused-ring (bicyclic) bond motifs is 1. The predicted octanol–water partition coefficient (Wildman–Crippen LogP) is 0.273. The SMILES string of the molecule is COc1ccc(CCO)n2ncnc12. The lowest BCUT2D eigenvalue weighted by molar-refractivity contribution is 0.297. The lowest BCUT2D eigenvalue weighted by Gasteiger charge is -2.05. The molecule has 5 heteroatoms. The Balaban J connectivity index is 2.59. The van der Waals surface area contributed by atoms with Crippen LogP contribution < -0.4 is 4.74 Å². The second-order valence-electron chi connectivity index (χ2n) is 2.86. The molecule has 0 aromatic carbocycles. The van der Waals surface area contributed by atoms with Gasteiger partial charge in [0.2, 0.25) is 0 Å². The summed E-state index contributed by atoms with van der Waals surface area (Å²) in [5, 5.41) is 12.9. The van der Waals surface area contributed by atoms with Crippen molar-refractivity contribution in [2.75, 3.05) is 13.7 Å². The molecule has 0 unspecified atom stereocenters. The molecule has 74 valence electrons. The highest BCUT2D eigenvalue weighted by Gasteiger charge is 2.07. The van der Waals surface area contributed by atoms with E-state index in [0.29, 0.717) is 17.8 Å². The van der Waals surface area contributed by atoms with E-state index in [1.807, 2.05) is 12.1 Å². The van der Waals surface area contributed by atoms with Crippen molar-refractivity contribution in [1.29, 1.82) is 0 Å². The van der Waals surface area contributed by atoms with Crippen LogP contribution in [-0.4, -0.2) is 33.4 Å². The first-order chi connectivity index (χ1) is 6.86. The molecule has 0 aliphatic rings. The maximum absolute atomic E-state index is 8.85. The zero-order chi connectivity index (χ0) is 9.97. The number of methoxy groups -OCH3 is 1. The molecule has 0 amide bonds. The molecule has 2 aromatic heterocycles. The minimum absolute atomic E-state index is 0.0985. The molecule has 0 saturated carbocycles. The summed E-state index contributed by atoms with van der Waals surface area (Å²) in [6.07, 6.45) is 2.03. The molecule has 2 aromatic rings. The van der Waals surface area contributed by atoms with Crippen LogP contribution in [0.4, 0.5) is 0 Å². The quantitative estimate of drug-likeness (QED) is 0.760. The summed E-state index contributed by atoms with van der Waals surface area (Å²) in [5.74, 6) is 0.684. The molecule has 5 nitrogen and oxygen atoms in total. The lowest BCUT2D eigenvalue weighted by Crippen LogP contribution is -2.02. The van der Waals surface area contributed by atoms with Crippen LogP contribution >= 0.6 is 0 Å². The van der Waals surface area contributed by atoms with Crippen molar-refractivity contribution < 1.29 is 9.84 Å². The van der Waals surface area contributed by atoms with Crippen LogP contribution in [0.5, 0.6) is 5.75 Å². The summed E-state index contributed by atoms with van der Waals surface area (Å²) >= 11 is 0. The summed E-state index contributed by atoms with van der Waals surface area (Å²) in [6.45, 7) is 0.0985. The summed E-state index contributed by atoms with van der Waals surface area (Å²) in [6, 6.07) is 3.70. The van der Waals surface area contributed by atoms with Gasteiger partial charge in [0.1, 0.15) is 6.33 Å². The number of hydrogen-bond acceptors (Lipinski definition) is 4. The third kappa shape index (κ3) is 1.31. The molecule has 0 spiro atoms. The van der Waals surface area contributed by atoms with E-state index < -0.39 is 0 Å².